The van der Waals surface area contributed by atoms with Crippen LogP contribution in [0, 0.1) is 0 Å². The van der Waals surface area contributed by atoms with E-state index in [0.29, 0.717) is 6.42 Å². The summed E-state index contributed by atoms with van der Waals surface area (Å²) in [5.74, 6) is 1.92. The summed E-state index contributed by atoms with van der Waals surface area (Å²) in [5, 5.41) is 11.8. The first-order valence-corrected chi connectivity index (χ1v) is 11.1. The predicted molar refractivity (Wildman–Crippen MR) is 113 cm³/mol. The van der Waals surface area contributed by atoms with Crippen molar-refractivity contribution in [2.75, 3.05) is 18.8 Å². The lowest BCUT2D eigenvalue weighted by atomic mass is 10.3. The molecule has 0 spiro atoms. The van der Waals surface area contributed by atoms with E-state index in [2.05, 4.69) is 33.0 Å². The number of carbonyl (C=O) groups is 1. The van der Waals surface area contributed by atoms with Gasteiger partial charge in [0.15, 0.2) is 11.0 Å². The lowest BCUT2D eigenvalue weighted by Gasteiger charge is -2.18. The molecule has 0 fully saturated rings. The Labute approximate surface area is 168 Å². The SMILES string of the molecule is CCN(CC)C(=O)CCCSc1nnc(-c2cccs2)n1-c1ccccc1. The van der Waals surface area contributed by atoms with Crippen LogP contribution in [0.3, 0.4) is 0 Å². The zero-order chi connectivity index (χ0) is 19.1. The van der Waals surface area contributed by atoms with Crippen LogP contribution in [0.4, 0.5) is 0 Å². The zero-order valence-electron chi connectivity index (χ0n) is 15.7. The summed E-state index contributed by atoms with van der Waals surface area (Å²) in [6.07, 6.45) is 1.40. The molecule has 0 bridgehead atoms. The fraction of sp³-hybridized carbons (Fsp3) is 0.350. The van der Waals surface area contributed by atoms with Crippen LogP contribution in [-0.4, -0.2) is 44.4 Å². The van der Waals surface area contributed by atoms with Crippen LogP contribution in [0.15, 0.2) is 53.0 Å². The first-order chi connectivity index (χ1) is 13.2. The van der Waals surface area contributed by atoms with E-state index in [0.717, 1.165) is 46.8 Å². The number of carbonyl (C=O) groups excluding carboxylic acids is 1. The summed E-state index contributed by atoms with van der Waals surface area (Å²) in [7, 11) is 0. The van der Waals surface area contributed by atoms with Crippen molar-refractivity contribution in [3.63, 3.8) is 0 Å². The molecular weight excluding hydrogens is 376 g/mol. The predicted octanol–water partition coefficient (Wildman–Crippen LogP) is 4.74. The van der Waals surface area contributed by atoms with Crippen molar-refractivity contribution in [1.29, 1.82) is 0 Å². The smallest absolute Gasteiger partial charge is 0.222 e. The number of hydrogen-bond donors (Lipinski definition) is 0. The van der Waals surface area contributed by atoms with Gasteiger partial charge in [0.05, 0.1) is 4.88 Å². The fourth-order valence-corrected chi connectivity index (χ4v) is 4.45. The van der Waals surface area contributed by atoms with Gasteiger partial charge in [-0.05, 0) is 43.8 Å². The van der Waals surface area contributed by atoms with E-state index in [1.807, 2.05) is 48.4 Å². The Bertz CT molecular complexity index is 842. The first-order valence-electron chi connectivity index (χ1n) is 9.19. The van der Waals surface area contributed by atoms with Crippen LogP contribution < -0.4 is 0 Å². The molecule has 7 heteroatoms. The van der Waals surface area contributed by atoms with Gasteiger partial charge in [-0.3, -0.25) is 9.36 Å². The molecule has 0 aliphatic carbocycles. The molecule has 0 N–H and O–H groups in total. The molecule has 0 aliphatic heterocycles. The number of nitrogens with zero attached hydrogens (tertiary/aromatic N) is 4. The molecule has 3 aromatic rings. The van der Waals surface area contributed by atoms with Crippen LogP contribution >= 0.6 is 23.1 Å². The standard InChI is InChI=1S/C20H24N4OS2/c1-3-23(4-2)18(25)13-9-15-27-20-22-21-19(17-12-8-14-26-17)24(20)16-10-6-5-7-11-16/h5-8,10-12,14H,3-4,9,13,15H2,1-2H3. The second-order valence-electron chi connectivity index (χ2n) is 5.97. The average molecular weight is 401 g/mol. The third kappa shape index (κ3) is 4.78. The summed E-state index contributed by atoms with van der Waals surface area (Å²) >= 11 is 3.31. The monoisotopic (exact) mass is 400 g/mol. The Morgan fingerprint density at radius 3 is 2.56 bits per heavy atom. The minimum Gasteiger partial charge on any atom is -0.343 e. The molecular formula is C20H24N4OS2. The van der Waals surface area contributed by atoms with Crippen molar-refractivity contribution in [3.05, 3.63) is 47.8 Å². The number of thioether (sulfide) groups is 1. The Kier molecular flexibility index (Phi) is 7.06. The highest BCUT2D eigenvalue weighted by Crippen LogP contribution is 2.30. The number of para-hydroxylation sites is 1. The number of thiophene rings is 1. The van der Waals surface area contributed by atoms with Crippen LogP contribution in [0.25, 0.3) is 16.4 Å². The molecule has 0 atom stereocenters. The van der Waals surface area contributed by atoms with Gasteiger partial charge in [-0.2, -0.15) is 0 Å². The Morgan fingerprint density at radius 1 is 1.11 bits per heavy atom. The van der Waals surface area contributed by atoms with Gasteiger partial charge >= 0.3 is 0 Å². The van der Waals surface area contributed by atoms with Crippen LogP contribution in [0.2, 0.25) is 0 Å². The van der Waals surface area contributed by atoms with Gasteiger partial charge < -0.3 is 4.90 Å². The molecule has 2 heterocycles. The van der Waals surface area contributed by atoms with Crippen molar-refractivity contribution in [3.8, 4) is 16.4 Å². The highest BCUT2D eigenvalue weighted by Gasteiger charge is 2.17. The van der Waals surface area contributed by atoms with Crippen molar-refractivity contribution in [1.82, 2.24) is 19.7 Å². The van der Waals surface area contributed by atoms with Gasteiger partial charge in [0.25, 0.3) is 0 Å². The quantitative estimate of drug-likeness (QED) is 0.385. The molecule has 1 aromatic carbocycles. The summed E-state index contributed by atoms with van der Waals surface area (Å²) in [6.45, 7) is 5.58. The fourth-order valence-electron chi connectivity index (χ4n) is 2.86. The van der Waals surface area contributed by atoms with Crippen molar-refractivity contribution < 1.29 is 4.79 Å². The third-order valence-electron chi connectivity index (χ3n) is 4.27. The Morgan fingerprint density at radius 2 is 1.89 bits per heavy atom. The summed E-state index contributed by atoms with van der Waals surface area (Å²) in [5.41, 5.74) is 1.05. The molecule has 0 saturated heterocycles. The van der Waals surface area contributed by atoms with E-state index >= 15 is 0 Å². The van der Waals surface area contributed by atoms with Gasteiger partial charge in [-0.25, -0.2) is 0 Å². The normalized spacial score (nSPS) is 10.9. The maximum atomic E-state index is 12.1. The number of benzene rings is 1. The molecule has 5 nitrogen and oxygen atoms in total. The van der Waals surface area contributed by atoms with Gasteiger partial charge in [0.1, 0.15) is 0 Å². The molecule has 0 radical (unpaired) electrons. The van der Waals surface area contributed by atoms with Crippen molar-refractivity contribution in [2.45, 2.75) is 31.8 Å². The van der Waals surface area contributed by atoms with E-state index in [1.165, 1.54) is 0 Å². The van der Waals surface area contributed by atoms with Gasteiger partial charge in [0, 0.05) is 31.0 Å². The highest BCUT2D eigenvalue weighted by atomic mass is 32.2. The van der Waals surface area contributed by atoms with Crippen LogP contribution in [0.5, 0.6) is 0 Å². The van der Waals surface area contributed by atoms with Gasteiger partial charge in [-0.1, -0.05) is 36.0 Å². The topological polar surface area (TPSA) is 51.0 Å². The van der Waals surface area contributed by atoms with Crippen molar-refractivity contribution in [2.24, 2.45) is 0 Å². The number of aromatic nitrogens is 3. The van der Waals surface area contributed by atoms with Gasteiger partial charge in [0.2, 0.25) is 5.91 Å². The minimum absolute atomic E-state index is 0.226. The second kappa shape index (κ2) is 9.71. The maximum absolute atomic E-state index is 12.1. The lowest BCUT2D eigenvalue weighted by Crippen LogP contribution is -2.30. The average Bonchev–Trinajstić information content (AvgIpc) is 3.36. The van der Waals surface area contributed by atoms with E-state index in [4.69, 9.17) is 0 Å². The van der Waals surface area contributed by atoms with Crippen molar-refractivity contribution >= 4 is 29.0 Å². The molecule has 1 amide bonds. The molecule has 142 valence electrons. The van der Waals surface area contributed by atoms with Crippen LogP contribution in [0.1, 0.15) is 26.7 Å². The molecule has 0 saturated carbocycles. The van der Waals surface area contributed by atoms with Crippen LogP contribution in [-0.2, 0) is 4.79 Å². The largest absolute Gasteiger partial charge is 0.343 e. The molecule has 27 heavy (non-hydrogen) atoms. The molecule has 3 rings (SSSR count). The lowest BCUT2D eigenvalue weighted by molar-refractivity contribution is -0.130. The first kappa shape index (κ1) is 19.6. The number of rotatable bonds is 9. The zero-order valence-corrected chi connectivity index (χ0v) is 17.3. The summed E-state index contributed by atoms with van der Waals surface area (Å²) in [4.78, 5) is 15.1. The second-order valence-corrected chi connectivity index (χ2v) is 7.98. The van der Waals surface area contributed by atoms with E-state index < -0.39 is 0 Å². The van der Waals surface area contributed by atoms with Gasteiger partial charge in [-0.15, -0.1) is 21.5 Å². The van der Waals surface area contributed by atoms with E-state index in [9.17, 15) is 4.79 Å². The summed E-state index contributed by atoms with van der Waals surface area (Å²) in [6, 6.07) is 14.3. The Hall–Kier alpha value is -2.12. The maximum Gasteiger partial charge on any atom is 0.222 e. The summed E-state index contributed by atoms with van der Waals surface area (Å²) < 4.78 is 2.10. The highest BCUT2D eigenvalue weighted by molar-refractivity contribution is 7.99. The number of hydrogen-bond acceptors (Lipinski definition) is 5. The Balaban J connectivity index is 1.72. The minimum atomic E-state index is 0.226. The number of amides is 1. The van der Waals surface area contributed by atoms with E-state index in [-0.39, 0.29) is 5.91 Å². The molecule has 0 unspecified atom stereocenters. The molecule has 0 aliphatic rings. The molecule has 2 aromatic heterocycles. The third-order valence-corrected chi connectivity index (χ3v) is 6.15. The van der Waals surface area contributed by atoms with E-state index in [1.54, 1.807) is 23.1 Å².